The lowest BCUT2D eigenvalue weighted by atomic mass is 10.2. The first-order valence-corrected chi connectivity index (χ1v) is 10.9. The molecule has 29 heavy (non-hydrogen) atoms. The number of amides is 1. The summed E-state index contributed by atoms with van der Waals surface area (Å²) in [5.74, 6) is 0.244. The SMILES string of the molecule is O=C(CCCn1c(=O)oc2ccccc21)Nc1nnc(SCc2ccccc2)s1. The van der Waals surface area contributed by atoms with E-state index in [1.807, 2.05) is 36.4 Å². The minimum Gasteiger partial charge on any atom is -0.408 e. The fourth-order valence-corrected chi connectivity index (χ4v) is 4.57. The monoisotopic (exact) mass is 426 g/mol. The molecule has 7 nitrogen and oxygen atoms in total. The van der Waals surface area contributed by atoms with Gasteiger partial charge in [-0.2, -0.15) is 0 Å². The summed E-state index contributed by atoms with van der Waals surface area (Å²) in [6, 6.07) is 17.4. The van der Waals surface area contributed by atoms with Gasteiger partial charge in [-0.25, -0.2) is 4.79 Å². The largest absolute Gasteiger partial charge is 0.419 e. The van der Waals surface area contributed by atoms with E-state index in [0.717, 1.165) is 15.6 Å². The van der Waals surface area contributed by atoms with Crippen molar-refractivity contribution in [2.75, 3.05) is 5.32 Å². The van der Waals surface area contributed by atoms with Gasteiger partial charge in [0.05, 0.1) is 5.52 Å². The Labute approximate surface area is 174 Å². The Hall–Kier alpha value is -2.91. The van der Waals surface area contributed by atoms with E-state index in [1.54, 1.807) is 22.4 Å². The number of hydrogen-bond donors (Lipinski definition) is 1. The average molecular weight is 427 g/mol. The highest BCUT2D eigenvalue weighted by Gasteiger charge is 2.11. The number of aromatic nitrogens is 3. The summed E-state index contributed by atoms with van der Waals surface area (Å²) < 4.78 is 7.55. The zero-order chi connectivity index (χ0) is 20.1. The molecule has 0 radical (unpaired) electrons. The van der Waals surface area contributed by atoms with E-state index < -0.39 is 5.76 Å². The molecule has 0 saturated carbocycles. The van der Waals surface area contributed by atoms with E-state index in [-0.39, 0.29) is 12.3 Å². The molecule has 2 aromatic heterocycles. The van der Waals surface area contributed by atoms with Crippen LogP contribution in [0.1, 0.15) is 18.4 Å². The zero-order valence-corrected chi connectivity index (χ0v) is 17.0. The van der Waals surface area contributed by atoms with Gasteiger partial charge in [-0.05, 0) is 24.1 Å². The zero-order valence-electron chi connectivity index (χ0n) is 15.4. The maximum Gasteiger partial charge on any atom is 0.419 e. The third-order valence-electron chi connectivity index (χ3n) is 4.22. The number of fused-ring (bicyclic) bond motifs is 1. The lowest BCUT2D eigenvalue weighted by molar-refractivity contribution is -0.116. The third-order valence-corrected chi connectivity index (χ3v) is 6.26. The van der Waals surface area contributed by atoms with E-state index in [9.17, 15) is 9.59 Å². The van der Waals surface area contributed by atoms with Gasteiger partial charge in [-0.15, -0.1) is 10.2 Å². The summed E-state index contributed by atoms with van der Waals surface area (Å²) in [4.78, 5) is 24.1. The number of aryl methyl sites for hydroxylation is 1. The van der Waals surface area contributed by atoms with Crippen LogP contribution in [-0.2, 0) is 17.1 Å². The Morgan fingerprint density at radius 3 is 2.76 bits per heavy atom. The summed E-state index contributed by atoms with van der Waals surface area (Å²) in [6.45, 7) is 0.414. The Balaban J connectivity index is 1.26. The number of carbonyl (C=O) groups is 1. The second-order valence-corrected chi connectivity index (χ2v) is 8.49. The number of thioether (sulfide) groups is 1. The number of rotatable bonds is 8. The van der Waals surface area contributed by atoms with Crippen molar-refractivity contribution < 1.29 is 9.21 Å². The van der Waals surface area contributed by atoms with Crippen LogP contribution in [0.2, 0.25) is 0 Å². The van der Waals surface area contributed by atoms with Crippen LogP contribution in [0.15, 0.2) is 68.1 Å². The average Bonchev–Trinajstić information content (AvgIpc) is 3.31. The van der Waals surface area contributed by atoms with Crippen molar-refractivity contribution in [3.05, 3.63) is 70.7 Å². The smallest absolute Gasteiger partial charge is 0.408 e. The maximum absolute atomic E-state index is 12.2. The van der Waals surface area contributed by atoms with Crippen molar-refractivity contribution in [1.29, 1.82) is 0 Å². The molecule has 4 aromatic rings. The van der Waals surface area contributed by atoms with Gasteiger partial charge in [0.15, 0.2) is 9.92 Å². The van der Waals surface area contributed by atoms with E-state index in [4.69, 9.17) is 4.42 Å². The number of nitrogens with one attached hydrogen (secondary N) is 1. The molecule has 4 rings (SSSR count). The predicted octanol–water partition coefficient (Wildman–Crippen LogP) is 4.16. The molecular formula is C20H18N4O3S2. The van der Waals surface area contributed by atoms with Crippen LogP contribution in [-0.4, -0.2) is 20.7 Å². The van der Waals surface area contributed by atoms with Gasteiger partial charge in [0.2, 0.25) is 11.0 Å². The van der Waals surface area contributed by atoms with Gasteiger partial charge < -0.3 is 9.73 Å². The fraction of sp³-hybridized carbons (Fsp3) is 0.200. The van der Waals surface area contributed by atoms with E-state index >= 15 is 0 Å². The van der Waals surface area contributed by atoms with Crippen molar-refractivity contribution in [3.63, 3.8) is 0 Å². The molecule has 0 aliphatic rings. The predicted molar refractivity (Wildman–Crippen MR) is 114 cm³/mol. The van der Waals surface area contributed by atoms with Gasteiger partial charge in [-0.3, -0.25) is 9.36 Å². The molecule has 2 aromatic carbocycles. The number of nitrogens with zero attached hydrogens (tertiary/aromatic N) is 3. The quantitative estimate of drug-likeness (QED) is 0.336. The summed E-state index contributed by atoms with van der Waals surface area (Å²) in [7, 11) is 0. The maximum atomic E-state index is 12.2. The van der Waals surface area contributed by atoms with Gasteiger partial charge in [0.25, 0.3) is 0 Å². The molecule has 0 aliphatic heterocycles. The molecule has 1 N–H and O–H groups in total. The second-order valence-electron chi connectivity index (χ2n) is 6.29. The van der Waals surface area contributed by atoms with Gasteiger partial charge in [0.1, 0.15) is 0 Å². The van der Waals surface area contributed by atoms with Gasteiger partial charge >= 0.3 is 5.76 Å². The summed E-state index contributed by atoms with van der Waals surface area (Å²) in [5.41, 5.74) is 2.50. The Kier molecular flexibility index (Phi) is 6.06. The summed E-state index contributed by atoms with van der Waals surface area (Å²) in [6.07, 6.45) is 0.793. The number of para-hydroxylation sites is 2. The van der Waals surface area contributed by atoms with E-state index in [0.29, 0.717) is 23.7 Å². The van der Waals surface area contributed by atoms with Gasteiger partial charge in [0, 0.05) is 18.7 Å². The van der Waals surface area contributed by atoms with E-state index in [1.165, 1.54) is 16.9 Å². The van der Waals surface area contributed by atoms with Crippen molar-refractivity contribution >= 4 is 45.2 Å². The molecule has 0 aliphatic carbocycles. The standard InChI is InChI=1S/C20H18N4O3S2/c25-17(11-6-12-24-15-9-4-5-10-16(15)27-20(24)26)21-18-22-23-19(29-18)28-13-14-7-2-1-3-8-14/h1-5,7-10H,6,11-13H2,(H,21,22,25). The summed E-state index contributed by atoms with van der Waals surface area (Å²) >= 11 is 2.94. The number of anilines is 1. The third kappa shape index (κ3) is 4.93. The second kappa shape index (κ2) is 9.06. The molecule has 2 heterocycles. The number of carbonyl (C=O) groups excluding carboxylic acids is 1. The van der Waals surface area contributed by atoms with E-state index in [2.05, 4.69) is 27.6 Å². The topological polar surface area (TPSA) is 90.0 Å². The normalized spacial score (nSPS) is 11.0. The van der Waals surface area contributed by atoms with Gasteiger partial charge in [-0.1, -0.05) is 65.6 Å². The first-order valence-electron chi connectivity index (χ1n) is 9.07. The van der Waals surface area contributed by atoms with Crippen molar-refractivity contribution in [1.82, 2.24) is 14.8 Å². The Bertz CT molecular complexity index is 1170. The van der Waals surface area contributed by atoms with Crippen LogP contribution >= 0.6 is 23.1 Å². The molecule has 0 fully saturated rings. The number of oxazole rings is 1. The first kappa shape index (κ1) is 19.4. The molecule has 0 bridgehead atoms. The van der Waals surface area contributed by atoms with Crippen molar-refractivity contribution in [3.8, 4) is 0 Å². The number of benzene rings is 2. The van der Waals surface area contributed by atoms with Crippen molar-refractivity contribution in [2.45, 2.75) is 29.5 Å². The Morgan fingerprint density at radius 2 is 1.90 bits per heavy atom. The molecule has 148 valence electrons. The molecule has 0 spiro atoms. The molecule has 0 saturated heterocycles. The minimum atomic E-state index is -0.407. The highest BCUT2D eigenvalue weighted by atomic mass is 32.2. The minimum absolute atomic E-state index is 0.151. The molecule has 9 heteroatoms. The number of hydrogen-bond acceptors (Lipinski definition) is 7. The van der Waals surface area contributed by atoms with Crippen LogP contribution in [0.25, 0.3) is 11.1 Å². The molecule has 0 unspecified atom stereocenters. The van der Waals surface area contributed by atoms with Crippen LogP contribution < -0.4 is 11.1 Å². The van der Waals surface area contributed by atoms with Crippen LogP contribution in [0, 0.1) is 0 Å². The van der Waals surface area contributed by atoms with Crippen molar-refractivity contribution in [2.24, 2.45) is 0 Å². The van der Waals surface area contributed by atoms with Crippen LogP contribution in [0.4, 0.5) is 5.13 Å². The lowest BCUT2D eigenvalue weighted by Gasteiger charge is -2.02. The fourth-order valence-electron chi connectivity index (χ4n) is 2.84. The molecule has 0 atom stereocenters. The molecular weight excluding hydrogens is 408 g/mol. The first-order chi connectivity index (χ1) is 14.2. The highest BCUT2D eigenvalue weighted by molar-refractivity contribution is 8.00. The Morgan fingerprint density at radius 1 is 1.10 bits per heavy atom. The summed E-state index contributed by atoms with van der Waals surface area (Å²) in [5, 5.41) is 11.4. The van der Waals surface area contributed by atoms with Crippen LogP contribution in [0.3, 0.4) is 0 Å². The lowest BCUT2D eigenvalue weighted by Crippen LogP contribution is -2.17. The van der Waals surface area contributed by atoms with Crippen LogP contribution in [0.5, 0.6) is 0 Å². The highest BCUT2D eigenvalue weighted by Crippen LogP contribution is 2.28. The molecule has 1 amide bonds.